The lowest BCUT2D eigenvalue weighted by Gasteiger charge is -2.03. The summed E-state index contributed by atoms with van der Waals surface area (Å²) in [7, 11) is 0. The van der Waals surface area contributed by atoms with Gasteiger partial charge in [-0.05, 0) is 23.8 Å². The van der Waals surface area contributed by atoms with Crippen LogP contribution < -0.4 is 5.32 Å². The van der Waals surface area contributed by atoms with Gasteiger partial charge in [0.25, 0.3) is 0 Å². The molecule has 1 aromatic carbocycles. The van der Waals surface area contributed by atoms with E-state index < -0.39 is 0 Å². The van der Waals surface area contributed by atoms with Gasteiger partial charge in [0.1, 0.15) is 0 Å². The highest BCUT2D eigenvalue weighted by Crippen LogP contribution is 2.23. The van der Waals surface area contributed by atoms with Crippen LogP contribution in [0.4, 0.5) is 0 Å². The Hall–Kier alpha value is -1.81. The topological polar surface area (TPSA) is 57.8 Å². The number of carbonyl (C=O) groups is 1. The molecule has 1 amide bonds. The number of fused-ring (bicyclic) bond motifs is 1. The molecule has 0 aliphatic carbocycles. The average Bonchev–Trinajstić information content (AvgIpc) is 2.74. The van der Waals surface area contributed by atoms with Crippen LogP contribution in [0.1, 0.15) is 5.56 Å². The lowest BCUT2D eigenvalue weighted by molar-refractivity contribution is -0.116. The quantitative estimate of drug-likeness (QED) is 0.800. The Labute approximate surface area is 97.3 Å². The van der Waals surface area contributed by atoms with Crippen molar-refractivity contribution in [3.05, 3.63) is 41.6 Å². The number of nitrogens with zero attached hydrogens (tertiary/aromatic N) is 1. The third-order valence-electron chi connectivity index (χ3n) is 2.22. The van der Waals surface area contributed by atoms with Gasteiger partial charge in [0, 0.05) is 11.9 Å². The molecular weight excluding hydrogens is 226 g/mol. The third-order valence-corrected chi connectivity index (χ3v) is 2.53. The summed E-state index contributed by atoms with van der Waals surface area (Å²) >= 11 is 6.06. The molecule has 0 fully saturated rings. The second-order valence-electron chi connectivity index (χ2n) is 3.33. The molecule has 1 heterocycles. The highest BCUT2D eigenvalue weighted by Gasteiger charge is 2.04. The molecule has 2 N–H and O–H groups in total. The van der Waals surface area contributed by atoms with Gasteiger partial charge in [-0.25, -0.2) is 0 Å². The van der Waals surface area contributed by atoms with E-state index in [1.165, 1.54) is 6.08 Å². The van der Waals surface area contributed by atoms with Gasteiger partial charge in [0.15, 0.2) is 0 Å². The maximum atomic E-state index is 11.0. The first-order valence-electron chi connectivity index (χ1n) is 4.72. The summed E-state index contributed by atoms with van der Waals surface area (Å²) in [6.07, 6.45) is 2.90. The smallest absolute Gasteiger partial charge is 0.243 e. The Morgan fingerprint density at radius 1 is 1.62 bits per heavy atom. The fourth-order valence-electron chi connectivity index (χ4n) is 1.43. The lowest BCUT2D eigenvalue weighted by Crippen LogP contribution is -2.19. The molecule has 0 aliphatic heterocycles. The van der Waals surface area contributed by atoms with Crippen molar-refractivity contribution in [3.63, 3.8) is 0 Å². The van der Waals surface area contributed by atoms with E-state index in [2.05, 4.69) is 22.1 Å². The van der Waals surface area contributed by atoms with Gasteiger partial charge >= 0.3 is 0 Å². The predicted octanol–water partition coefficient (Wildman–Crippen LogP) is 2.02. The summed E-state index contributed by atoms with van der Waals surface area (Å²) in [6.45, 7) is 3.79. The van der Waals surface area contributed by atoms with Crippen LogP contribution >= 0.6 is 11.6 Å². The Kier molecular flexibility index (Phi) is 2.92. The first-order valence-corrected chi connectivity index (χ1v) is 5.10. The Balaban J connectivity index is 2.24. The van der Waals surface area contributed by atoms with Gasteiger partial charge in [-0.2, -0.15) is 5.10 Å². The van der Waals surface area contributed by atoms with Crippen molar-refractivity contribution in [1.29, 1.82) is 0 Å². The van der Waals surface area contributed by atoms with Gasteiger partial charge in [-0.3, -0.25) is 9.89 Å². The van der Waals surface area contributed by atoms with E-state index in [9.17, 15) is 4.79 Å². The summed E-state index contributed by atoms with van der Waals surface area (Å²) < 4.78 is 0. The van der Waals surface area contributed by atoms with Crippen molar-refractivity contribution >= 4 is 28.4 Å². The minimum absolute atomic E-state index is 0.208. The summed E-state index contributed by atoms with van der Waals surface area (Å²) in [4.78, 5) is 11.0. The van der Waals surface area contributed by atoms with E-state index in [0.29, 0.717) is 11.6 Å². The van der Waals surface area contributed by atoms with Crippen LogP contribution in [0.5, 0.6) is 0 Å². The third kappa shape index (κ3) is 2.06. The average molecular weight is 236 g/mol. The molecule has 0 unspecified atom stereocenters. The molecule has 0 atom stereocenters. The van der Waals surface area contributed by atoms with Gasteiger partial charge < -0.3 is 5.32 Å². The van der Waals surface area contributed by atoms with Crippen molar-refractivity contribution in [2.45, 2.75) is 6.54 Å². The zero-order valence-electron chi connectivity index (χ0n) is 8.46. The van der Waals surface area contributed by atoms with Crippen LogP contribution in [0.15, 0.2) is 31.0 Å². The SMILES string of the molecule is C=CC(=O)NCc1cc(Cl)c2cn[nH]c2c1. The highest BCUT2D eigenvalue weighted by atomic mass is 35.5. The molecule has 2 rings (SSSR count). The number of hydrogen-bond acceptors (Lipinski definition) is 2. The van der Waals surface area contributed by atoms with Crippen LogP contribution in [-0.2, 0) is 11.3 Å². The molecule has 2 aromatic rings. The highest BCUT2D eigenvalue weighted by molar-refractivity contribution is 6.35. The van der Waals surface area contributed by atoms with Gasteiger partial charge in [-0.15, -0.1) is 0 Å². The van der Waals surface area contributed by atoms with E-state index in [1.807, 2.05) is 12.1 Å². The molecule has 0 bridgehead atoms. The summed E-state index contributed by atoms with van der Waals surface area (Å²) in [6, 6.07) is 3.71. The van der Waals surface area contributed by atoms with Gasteiger partial charge in [0.05, 0.1) is 16.7 Å². The molecular formula is C11H10ClN3O. The number of benzene rings is 1. The van der Waals surface area contributed by atoms with Crippen molar-refractivity contribution in [1.82, 2.24) is 15.5 Å². The Morgan fingerprint density at radius 3 is 3.19 bits per heavy atom. The first-order chi connectivity index (χ1) is 7.70. The molecule has 0 saturated heterocycles. The second kappa shape index (κ2) is 4.37. The van der Waals surface area contributed by atoms with Gasteiger partial charge in [-0.1, -0.05) is 18.2 Å². The largest absolute Gasteiger partial charge is 0.348 e. The number of nitrogens with one attached hydrogen (secondary N) is 2. The lowest BCUT2D eigenvalue weighted by atomic mass is 10.1. The van der Waals surface area contributed by atoms with Crippen LogP contribution in [0.2, 0.25) is 5.02 Å². The van der Waals surface area contributed by atoms with Crippen LogP contribution in [0, 0.1) is 0 Å². The fraction of sp³-hybridized carbons (Fsp3) is 0.0909. The van der Waals surface area contributed by atoms with Crippen molar-refractivity contribution in [3.8, 4) is 0 Å². The van der Waals surface area contributed by atoms with E-state index in [4.69, 9.17) is 11.6 Å². The number of carbonyl (C=O) groups excluding carboxylic acids is 1. The molecule has 82 valence electrons. The van der Waals surface area contributed by atoms with E-state index in [1.54, 1.807) is 6.20 Å². The number of aromatic nitrogens is 2. The summed E-state index contributed by atoms with van der Waals surface area (Å²) in [5, 5.41) is 10.9. The number of H-pyrrole nitrogens is 1. The number of hydrogen-bond donors (Lipinski definition) is 2. The predicted molar refractivity (Wildman–Crippen MR) is 63.1 cm³/mol. The first kappa shape index (κ1) is 10.7. The monoisotopic (exact) mass is 235 g/mol. The van der Waals surface area contributed by atoms with Crippen molar-refractivity contribution < 1.29 is 4.79 Å². The Morgan fingerprint density at radius 2 is 2.44 bits per heavy atom. The van der Waals surface area contributed by atoms with E-state index in [0.717, 1.165) is 16.5 Å². The molecule has 0 radical (unpaired) electrons. The zero-order chi connectivity index (χ0) is 11.5. The molecule has 0 saturated carbocycles. The molecule has 0 spiro atoms. The maximum Gasteiger partial charge on any atom is 0.243 e. The maximum absolute atomic E-state index is 11.0. The van der Waals surface area contributed by atoms with Crippen molar-refractivity contribution in [2.75, 3.05) is 0 Å². The van der Waals surface area contributed by atoms with Crippen LogP contribution in [0.25, 0.3) is 10.9 Å². The Bertz CT molecular complexity index is 547. The molecule has 5 heteroatoms. The molecule has 1 aromatic heterocycles. The standard InChI is InChI=1S/C11H10ClN3O/c1-2-11(16)13-5-7-3-9(12)8-6-14-15-10(8)4-7/h2-4,6H,1,5H2,(H,13,16)(H,14,15). The zero-order valence-corrected chi connectivity index (χ0v) is 9.21. The molecule has 16 heavy (non-hydrogen) atoms. The minimum Gasteiger partial charge on any atom is -0.348 e. The number of rotatable bonds is 3. The van der Waals surface area contributed by atoms with Gasteiger partial charge in [0.2, 0.25) is 5.91 Å². The second-order valence-corrected chi connectivity index (χ2v) is 3.74. The van der Waals surface area contributed by atoms with E-state index >= 15 is 0 Å². The minimum atomic E-state index is -0.208. The van der Waals surface area contributed by atoms with E-state index in [-0.39, 0.29) is 5.91 Å². The number of halogens is 1. The van der Waals surface area contributed by atoms with Crippen molar-refractivity contribution in [2.24, 2.45) is 0 Å². The fourth-order valence-corrected chi connectivity index (χ4v) is 1.72. The summed E-state index contributed by atoms with van der Waals surface area (Å²) in [5.74, 6) is -0.208. The number of amides is 1. The molecule has 0 aliphatic rings. The number of aromatic amines is 1. The van der Waals surface area contributed by atoms with Crippen LogP contribution in [0.3, 0.4) is 0 Å². The van der Waals surface area contributed by atoms with Crippen LogP contribution in [-0.4, -0.2) is 16.1 Å². The summed E-state index contributed by atoms with van der Waals surface area (Å²) in [5.41, 5.74) is 1.77. The molecule has 4 nitrogen and oxygen atoms in total. The normalized spacial score (nSPS) is 10.3.